The number of nitrogens with one attached hydrogen (secondary N) is 1. The van der Waals surface area contributed by atoms with Crippen molar-refractivity contribution in [3.63, 3.8) is 0 Å². The molecule has 0 spiro atoms. The number of benzene rings is 1. The van der Waals surface area contributed by atoms with E-state index in [1.165, 1.54) is 4.88 Å². The van der Waals surface area contributed by atoms with Gasteiger partial charge in [0.15, 0.2) is 0 Å². The van der Waals surface area contributed by atoms with Gasteiger partial charge in [0.2, 0.25) is 5.91 Å². The van der Waals surface area contributed by atoms with Crippen molar-refractivity contribution in [2.75, 3.05) is 5.73 Å². The summed E-state index contributed by atoms with van der Waals surface area (Å²) in [5, 5.41) is 3.96. The van der Waals surface area contributed by atoms with Crippen LogP contribution in [0.3, 0.4) is 0 Å². The molecule has 2 unspecified atom stereocenters. The molecule has 0 aliphatic heterocycles. The standard InChI is InChI=1S/C16H21N3OS/c1-4-14-9-18-16(21-14)11(3)19-15(20)10(2)12-6-5-7-13(17)8-12/h5-11H,4,17H2,1-3H3,(H,19,20). The summed E-state index contributed by atoms with van der Waals surface area (Å²) in [6.45, 7) is 5.95. The molecule has 0 fully saturated rings. The highest BCUT2D eigenvalue weighted by atomic mass is 32.1. The number of amides is 1. The van der Waals surface area contributed by atoms with E-state index in [-0.39, 0.29) is 17.9 Å². The molecule has 0 saturated heterocycles. The van der Waals surface area contributed by atoms with Crippen molar-refractivity contribution in [3.8, 4) is 0 Å². The van der Waals surface area contributed by atoms with E-state index in [1.807, 2.05) is 44.3 Å². The fourth-order valence-electron chi connectivity index (χ4n) is 2.07. The Morgan fingerprint density at radius 2 is 2.19 bits per heavy atom. The van der Waals surface area contributed by atoms with Crippen LogP contribution in [0.4, 0.5) is 5.69 Å². The maximum atomic E-state index is 12.3. The molecule has 112 valence electrons. The number of carbonyl (C=O) groups is 1. The van der Waals surface area contributed by atoms with Crippen molar-refractivity contribution >= 4 is 22.9 Å². The highest BCUT2D eigenvalue weighted by Gasteiger charge is 2.19. The lowest BCUT2D eigenvalue weighted by molar-refractivity contribution is -0.122. The zero-order chi connectivity index (χ0) is 15.4. The average Bonchev–Trinajstić information content (AvgIpc) is 2.95. The van der Waals surface area contributed by atoms with Crippen molar-refractivity contribution in [3.05, 3.63) is 45.9 Å². The van der Waals surface area contributed by atoms with Crippen LogP contribution < -0.4 is 11.1 Å². The third kappa shape index (κ3) is 3.82. The summed E-state index contributed by atoms with van der Waals surface area (Å²) in [4.78, 5) is 17.9. The van der Waals surface area contributed by atoms with Crippen LogP contribution in [0.2, 0.25) is 0 Å². The van der Waals surface area contributed by atoms with Crippen molar-refractivity contribution in [2.24, 2.45) is 0 Å². The minimum atomic E-state index is -0.235. The summed E-state index contributed by atoms with van der Waals surface area (Å²) in [5.74, 6) is -0.247. The van der Waals surface area contributed by atoms with Gasteiger partial charge in [0, 0.05) is 16.8 Å². The molecular weight excluding hydrogens is 282 g/mol. The van der Waals surface area contributed by atoms with E-state index in [0.717, 1.165) is 17.0 Å². The summed E-state index contributed by atoms with van der Waals surface area (Å²) >= 11 is 1.65. The first-order chi connectivity index (χ1) is 10.0. The van der Waals surface area contributed by atoms with Crippen LogP contribution in [-0.2, 0) is 11.2 Å². The van der Waals surface area contributed by atoms with Gasteiger partial charge in [0.1, 0.15) is 5.01 Å². The Morgan fingerprint density at radius 3 is 2.81 bits per heavy atom. The summed E-state index contributed by atoms with van der Waals surface area (Å²) in [6.07, 6.45) is 2.85. The number of aryl methyl sites for hydroxylation is 1. The average molecular weight is 303 g/mol. The fourth-order valence-corrected chi connectivity index (χ4v) is 2.93. The third-order valence-corrected chi connectivity index (χ3v) is 4.78. The van der Waals surface area contributed by atoms with Gasteiger partial charge in [-0.05, 0) is 38.0 Å². The molecule has 0 bridgehead atoms. The fraction of sp³-hybridized carbons (Fsp3) is 0.375. The molecule has 0 aliphatic carbocycles. The van der Waals surface area contributed by atoms with E-state index in [9.17, 15) is 4.79 Å². The maximum Gasteiger partial charge on any atom is 0.227 e. The van der Waals surface area contributed by atoms with Crippen LogP contribution in [0.15, 0.2) is 30.5 Å². The maximum absolute atomic E-state index is 12.3. The van der Waals surface area contributed by atoms with Crippen molar-refractivity contribution in [1.29, 1.82) is 0 Å². The molecule has 2 aromatic rings. The molecule has 1 amide bonds. The Hall–Kier alpha value is -1.88. The molecule has 21 heavy (non-hydrogen) atoms. The molecular formula is C16H21N3OS. The molecule has 1 aromatic carbocycles. The molecule has 3 N–H and O–H groups in total. The largest absolute Gasteiger partial charge is 0.399 e. The first-order valence-electron chi connectivity index (χ1n) is 7.11. The molecule has 1 aromatic heterocycles. The summed E-state index contributed by atoms with van der Waals surface area (Å²) in [5.41, 5.74) is 7.36. The lowest BCUT2D eigenvalue weighted by Gasteiger charge is -2.16. The monoisotopic (exact) mass is 303 g/mol. The number of nitrogens with two attached hydrogens (primary N) is 1. The third-order valence-electron chi connectivity index (χ3n) is 3.45. The van der Waals surface area contributed by atoms with Gasteiger partial charge in [0.25, 0.3) is 0 Å². The number of hydrogen-bond acceptors (Lipinski definition) is 4. The molecule has 1 heterocycles. The van der Waals surface area contributed by atoms with E-state index in [1.54, 1.807) is 11.3 Å². The van der Waals surface area contributed by atoms with Crippen molar-refractivity contribution < 1.29 is 4.79 Å². The second-order valence-corrected chi connectivity index (χ2v) is 6.29. The van der Waals surface area contributed by atoms with Gasteiger partial charge in [-0.15, -0.1) is 11.3 Å². The van der Waals surface area contributed by atoms with Gasteiger partial charge in [-0.2, -0.15) is 0 Å². The highest BCUT2D eigenvalue weighted by molar-refractivity contribution is 7.11. The number of rotatable bonds is 5. The Labute approximate surface area is 129 Å². The molecule has 2 rings (SSSR count). The van der Waals surface area contributed by atoms with Crippen LogP contribution >= 0.6 is 11.3 Å². The number of thiazole rings is 1. The zero-order valence-electron chi connectivity index (χ0n) is 12.6. The number of nitrogens with zero attached hydrogens (tertiary/aromatic N) is 1. The zero-order valence-corrected chi connectivity index (χ0v) is 13.4. The first-order valence-corrected chi connectivity index (χ1v) is 7.93. The van der Waals surface area contributed by atoms with Crippen LogP contribution in [0.1, 0.15) is 48.2 Å². The molecule has 0 radical (unpaired) electrons. The van der Waals surface area contributed by atoms with Gasteiger partial charge in [-0.1, -0.05) is 19.1 Å². The normalized spacial score (nSPS) is 13.7. The number of anilines is 1. The van der Waals surface area contributed by atoms with E-state index in [0.29, 0.717) is 5.69 Å². The number of nitrogen functional groups attached to an aromatic ring is 1. The minimum Gasteiger partial charge on any atom is -0.399 e. The van der Waals surface area contributed by atoms with Gasteiger partial charge >= 0.3 is 0 Å². The minimum absolute atomic E-state index is 0.0126. The first kappa shape index (κ1) is 15.5. The highest BCUT2D eigenvalue weighted by Crippen LogP contribution is 2.23. The lowest BCUT2D eigenvalue weighted by atomic mass is 9.99. The Kier molecular flexibility index (Phi) is 4.96. The van der Waals surface area contributed by atoms with Crippen LogP contribution in [-0.4, -0.2) is 10.9 Å². The van der Waals surface area contributed by atoms with E-state index < -0.39 is 0 Å². The smallest absolute Gasteiger partial charge is 0.227 e. The van der Waals surface area contributed by atoms with E-state index >= 15 is 0 Å². The predicted octanol–water partition coefficient (Wildman–Crippen LogP) is 3.27. The van der Waals surface area contributed by atoms with Gasteiger partial charge in [0.05, 0.1) is 12.0 Å². The second-order valence-electron chi connectivity index (χ2n) is 5.14. The molecule has 0 saturated carbocycles. The Morgan fingerprint density at radius 1 is 1.43 bits per heavy atom. The van der Waals surface area contributed by atoms with E-state index in [4.69, 9.17) is 5.73 Å². The topological polar surface area (TPSA) is 68.0 Å². The van der Waals surface area contributed by atoms with Crippen molar-refractivity contribution in [1.82, 2.24) is 10.3 Å². The Balaban J connectivity index is 2.03. The quantitative estimate of drug-likeness (QED) is 0.833. The second kappa shape index (κ2) is 6.72. The number of aromatic nitrogens is 1. The van der Waals surface area contributed by atoms with Crippen LogP contribution in [0.5, 0.6) is 0 Å². The molecule has 0 aliphatic rings. The lowest BCUT2D eigenvalue weighted by Crippen LogP contribution is -2.30. The SMILES string of the molecule is CCc1cnc(C(C)NC(=O)C(C)c2cccc(N)c2)s1. The molecule has 2 atom stereocenters. The van der Waals surface area contributed by atoms with Crippen LogP contribution in [0, 0.1) is 0 Å². The van der Waals surface area contributed by atoms with Crippen molar-refractivity contribution in [2.45, 2.75) is 39.2 Å². The summed E-state index contributed by atoms with van der Waals surface area (Å²) < 4.78 is 0. The summed E-state index contributed by atoms with van der Waals surface area (Å²) in [7, 11) is 0. The number of hydrogen-bond donors (Lipinski definition) is 2. The van der Waals surface area contributed by atoms with E-state index in [2.05, 4.69) is 17.2 Å². The predicted molar refractivity (Wildman–Crippen MR) is 87.3 cm³/mol. The van der Waals surface area contributed by atoms with Gasteiger partial charge in [-0.25, -0.2) is 4.98 Å². The Bertz CT molecular complexity index is 623. The molecule has 4 nitrogen and oxygen atoms in total. The van der Waals surface area contributed by atoms with Gasteiger partial charge in [-0.3, -0.25) is 4.79 Å². The van der Waals surface area contributed by atoms with Crippen LogP contribution in [0.25, 0.3) is 0 Å². The van der Waals surface area contributed by atoms with Gasteiger partial charge < -0.3 is 11.1 Å². The number of carbonyl (C=O) groups excluding carboxylic acids is 1. The molecule has 5 heteroatoms. The summed E-state index contributed by atoms with van der Waals surface area (Å²) in [6, 6.07) is 7.37.